The number of aromatic nitrogens is 8. The number of anilines is 11. The largest absolute Gasteiger partial charge is 0.496 e. The Morgan fingerprint density at radius 2 is 1.02 bits per heavy atom. The summed E-state index contributed by atoms with van der Waals surface area (Å²) in [7, 11) is -15.5. The molecule has 2 aliphatic heterocycles. The molecule has 130 heavy (non-hydrogen) atoms. The van der Waals surface area contributed by atoms with E-state index in [2.05, 4.69) is 71.4 Å². The van der Waals surface area contributed by atoms with Gasteiger partial charge in [0.25, 0.3) is 0 Å². The topological polar surface area (TPSA) is 453 Å². The van der Waals surface area contributed by atoms with E-state index in [0.29, 0.717) is 97.4 Å². The van der Waals surface area contributed by atoms with Crippen LogP contribution in [-0.4, -0.2) is 172 Å². The maximum absolute atomic E-state index is 14.6. The molecule has 0 bridgehead atoms. The van der Waals surface area contributed by atoms with Gasteiger partial charge in [-0.3, -0.25) is 4.99 Å². The Morgan fingerprint density at radius 3 is 1.50 bits per heavy atom. The smallest absolute Gasteiger partial charge is 0.335 e. The third kappa shape index (κ3) is 23.7. The van der Waals surface area contributed by atoms with Gasteiger partial charge in [-0.05, 0) is 177 Å². The predicted octanol–water partition coefficient (Wildman–Crippen LogP) is 16.6. The van der Waals surface area contributed by atoms with E-state index in [-0.39, 0.29) is 102 Å². The molecule has 0 spiro atoms. The third-order valence-corrected chi connectivity index (χ3v) is 31.9. The Hall–Kier alpha value is -12.7. The molecule has 8 aromatic carbocycles. The Balaban J connectivity index is 0.000000168. The van der Waals surface area contributed by atoms with Crippen LogP contribution < -0.4 is 51.6 Å². The first-order chi connectivity index (χ1) is 61.4. The van der Waals surface area contributed by atoms with Crippen LogP contribution in [0.25, 0.3) is 11.3 Å². The Kier molecular flexibility index (Phi) is 31.2. The number of halogens is 4. The molecule has 1 fully saturated rings. The SMILES string of the molecule is CC(C)S(=O)(=O)c1ccccc1Nc1ncc(C#N)c(Nc2ccccc2S(=O)(=O)C(C)C)n1.COc1cc(P(C)(C)=O)ccc1Cc1ncc(Cl)c(N2CCS(=O)(=O)CC2)n1.COc1cc(P(C)(C)=O)ccc1Nc1ncc(C#N)c(Nc2ccccc2S(=O)(=O)C(C)C)n1.O=C(O)c1ccc(Nc2ncc3c(n2)-c2ccc(Cl)cc2C(c2c(F)cccc2F)=NC3)cc1. The minimum absolute atomic E-state index is 0.0390. The fourth-order valence-electron chi connectivity index (χ4n) is 12.8. The standard InChI is InChI=1S/C25H15ClF2N4O2.C23H26N5O4PS.C23H25N5O4S2.C18H23ClN3O4PS/c26-15-6-9-17-18(10-15)23(21-19(27)2-1-3-20(21)28)29-11-14-12-30-25(32-22(14)17)31-16-7-4-13(5-8-16)24(33)34;1-15(2)34(30,31)21-9-7-6-8-19(21)26-22-16(13-24)14-25-23(28-22)27-18-11-10-17(33(4,5)29)12-20(18)32-3;1-15(2)33(29,30)20-11-7-5-9-18(20)26-22-17(13-24)14-25-23(28-22)27-19-10-6-8-12-21(19)34(31,32)16(3)4;1-26-16-11-14(27(2,3)23)5-4-13(16)10-17-20-12-15(19)18(21-17)22-6-8-28(24,25)9-7-22/h1-10,12H,11H2,(H,33,34)(H,30,31,32);6-12,14-15H,1-5H3,(H2,25,26,27,28);5-12,14-16H,1-4H3,(H2,25,26,27,28);4-5,11-12H,6-10H2,1-3H3. The number of nitrogens with one attached hydrogen (secondary N) is 5. The van der Waals surface area contributed by atoms with Crippen molar-refractivity contribution in [3.63, 3.8) is 0 Å². The minimum Gasteiger partial charge on any atom is -0.496 e. The third-order valence-electron chi connectivity index (χ3n) is 20.1. The number of para-hydroxylation sites is 3. The number of fused-ring (bicyclic) bond motifs is 3. The van der Waals surface area contributed by atoms with Crippen LogP contribution in [0.2, 0.25) is 10.0 Å². The van der Waals surface area contributed by atoms with Crippen LogP contribution in [0.4, 0.5) is 72.5 Å². The molecule has 4 aromatic heterocycles. The highest BCUT2D eigenvalue weighted by Crippen LogP contribution is 2.42. The zero-order valence-electron chi connectivity index (χ0n) is 72.1. The summed E-state index contributed by atoms with van der Waals surface area (Å²) >= 11 is 12.5. The van der Waals surface area contributed by atoms with Crippen molar-refractivity contribution in [2.75, 3.05) is 97.0 Å². The number of nitrogens with zero attached hydrogens (tertiary/aromatic N) is 12. The molecule has 0 atom stereocenters. The monoisotopic (exact) mass is 1920 g/mol. The second kappa shape index (κ2) is 41.4. The van der Waals surface area contributed by atoms with Crippen molar-refractivity contribution in [2.45, 2.75) is 84.9 Å². The number of rotatable bonds is 25. The number of aromatic carboxylic acids is 1. The highest BCUT2D eigenvalue weighted by Gasteiger charge is 2.31. The number of hydrogen-bond donors (Lipinski definition) is 6. The number of hydrogen-bond acceptors (Lipinski definition) is 30. The first-order valence-corrected chi connectivity index (χ1v) is 52.2. The predicted molar refractivity (Wildman–Crippen MR) is 503 cm³/mol. The van der Waals surface area contributed by atoms with E-state index in [0.717, 1.165) is 10.9 Å². The Morgan fingerprint density at radius 1 is 0.546 bits per heavy atom. The Bertz CT molecular complexity index is 7020. The normalized spacial score (nSPS) is 13.0. The van der Waals surface area contributed by atoms with E-state index in [1.165, 1.54) is 74.2 Å². The lowest BCUT2D eigenvalue weighted by atomic mass is 9.95. The van der Waals surface area contributed by atoms with Crippen LogP contribution in [-0.2, 0) is 61.4 Å². The number of methoxy groups -OCH3 is 2. The molecule has 6 heterocycles. The maximum Gasteiger partial charge on any atom is 0.335 e. The molecule has 2 aliphatic rings. The van der Waals surface area contributed by atoms with Crippen LogP contribution >= 0.6 is 37.5 Å². The number of carboxylic acids is 1. The summed E-state index contributed by atoms with van der Waals surface area (Å²) in [5.74, 6) is 0.574. The number of benzene rings is 8. The van der Waals surface area contributed by atoms with Crippen molar-refractivity contribution in [1.82, 2.24) is 39.9 Å². The van der Waals surface area contributed by atoms with E-state index < -0.39 is 87.0 Å². The number of ether oxygens (including phenoxy) is 2. The summed E-state index contributed by atoms with van der Waals surface area (Å²) in [6.45, 7) is 17.2. The summed E-state index contributed by atoms with van der Waals surface area (Å²) in [5, 5.41) is 43.3. The van der Waals surface area contributed by atoms with E-state index in [1.807, 2.05) is 29.2 Å². The number of carbonyl (C=O) groups is 1. The number of aliphatic imine (C=N–C) groups is 1. The second-order valence-corrected chi connectivity index (χ2v) is 47.8. The van der Waals surface area contributed by atoms with Crippen molar-refractivity contribution < 1.29 is 71.0 Å². The average molecular weight is 1920 g/mol. The van der Waals surface area contributed by atoms with E-state index in [1.54, 1.807) is 191 Å². The van der Waals surface area contributed by atoms with Gasteiger partial charge in [-0.25, -0.2) is 77.2 Å². The van der Waals surface area contributed by atoms with Crippen LogP contribution in [0.3, 0.4) is 0 Å². The fourth-order valence-corrected chi connectivity index (χ4v) is 19.7. The van der Waals surface area contributed by atoms with Crippen LogP contribution in [0.1, 0.15) is 91.1 Å². The number of carboxylic acid groups (broad SMARTS) is 1. The highest BCUT2D eigenvalue weighted by molar-refractivity contribution is 7.93. The summed E-state index contributed by atoms with van der Waals surface area (Å²) in [6.07, 6.45) is 6.16. The van der Waals surface area contributed by atoms with Crippen LogP contribution in [0, 0.1) is 34.3 Å². The zero-order valence-corrected chi connectivity index (χ0v) is 78.7. The van der Waals surface area contributed by atoms with Crippen molar-refractivity contribution >= 4 is 163 Å². The molecule has 1 saturated heterocycles. The van der Waals surface area contributed by atoms with Crippen LogP contribution in [0.5, 0.6) is 11.5 Å². The lowest BCUT2D eigenvalue weighted by molar-refractivity contribution is 0.0696. The van der Waals surface area contributed by atoms with Gasteiger partial charge in [0.05, 0.1) is 127 Å². The summed E-state index contributed by atoms with van der Waals surface area (Å²) in [6, 6.07) is 48.6. The molecule has 0 amide bonds. The maximum atomic E-state index is 14.6. The average Bonchev–Trinajstić information content (AvgIpc) is 1.59. The molecule has 14 rings (SSSR count). The molecule has 31 nitrogen and oxygen atoms in total. The number of sulfone groups is 4. The molecular formula is C89H89Cl2F2N17O14P2S4. The molecule has 0 aliphatic carbocycles. The van der Waals surface area contributed by atoms with E-state index >= 15 is 0 Å². The molecule has 676 valence electrons. The molecule has 0 saturated carbocycles. The minimum atomic E-state index is -3.61. The van der Waals surface area contributed by atoms with Crippen molar-refractivity contribution in [3.8, 4) is 34.9 Å². The second-order valence-electron chi connectivity index (χ2n) is 30.8. The van der Waals surface area contributed by atoms with Gasteiger partial charge in [-0.1, -0.05) is 83.9 Å². The van der Waals surface area contributed by atoms with Gasteiger partial charge in [0, 0.05) is 69.3 Å². The fraction of sp³-hybridized carbons (Fsp3) is 0.236. The Labute approximate surface area is 761 Å². The first kappa shape index (κ1) is 97.9. The summed E-state index contributed by atoms with van der Waals surface area (Å²) < 4.78 is 165. The van der Waals surface area contributed by atoms with Gasteiger partial charge in [-0.2, -0.15) is 20.5 Å². The van der Waals surface area contributed by atoms with Gasteiger partial charge in [0.15, 0.2) is 56.8 Å². The van der Waals surface area contributed by atoms with Crippen molar-refractivity contribution in [3.05, 3.63) is 261 Å². The lowest BCUT2D eigenvalue weighted by Crippen LogP contribution is -2.41. The molecule has 41 heteroatoms. The lowest BCUT2D eigenvalue weighted by Gasteiger charge is -2.28. The van der Waals surface area contributed by atoms with Gasteiger partial charge >= 0.3 is 5.97 Å². The highest BCUT2D eigenvalue weighted by atomic mass is 35.5. The molecule has 12 aromatic rings. The quantitative estimate of drug-likeness (QED) is 0.0289. The van der Waals surface area contributed by atoms with E-state index in [4.69, 9.17) is 37.8 Å². The van der Waals surface area contributed by atoms with Crippen molar-refractivity contribution in [1.29, 1.82) is 10.5 Å². The van der Waals surface area contributed by atoms with E-state index in [9.17, 15) is 66.9 Å². The van der Waals surface area contributed by atoms with Crippen molar-refractivity contribution in [2.24, 2.45) is 4.99 Å². The van der Waals surface area contributed by atoms with Gasteiger partial charge in [-0.15, -0.1) is 0 Å². The number of nitriles is 2. The molecule has 6 N–H and O–H groups in total. The summed E-state index contributed by atoms with van der Waals surface area (Å²) in [5.41, 5.74) is 5.42. The molecule has 0 unspecified atom stereocenters. The molecular weight excluding hydrogens is 1830 g/mol. The summed E-state index contributed by atoms with van der Waals surface area (Å²) in [4.78, 5) is 52.6. The van der Waals surface area contributed by atoms with Gasteiger partial charge in [0.2, 0.25) is 17.8 Å². The first-order valence-electron chi connectivity index (χ1n) is 39.7. The van der Waals surface area contributed by atoms with Gasteiger partial charge in [0.1, 0.15) is 71.5 Å². The van der Waals surface area contributed by atoms with Gasteiger partial charge < -0.3 is 55.2 Å². The zero-order chi connectivity index (χ0) is 94.5. The molecule has 0 radical (unpaired) electrons. The van der Waals surface area contributed by atoms with Crippen LogP contribution in [0.15, 0.2) is 214 Å².